The van der Waals surface area contributed by atoms with Gasteiger partial charge in [-0.2, -0.15) is 0 Å². The summed E-state index contributed by atoms with van der Waals surface area (Å²) >= 11 is 0. The fraction of sp³-hybridized carbons (Fsp3) is 0.333. The summed E-state index contributed by atoms with van der Waals surface area (Å²) in [5.41, 5.74) is 9.59. The molecule has 0 atom stereocenters. The van der Waals surface area contributed by atoms with E-state index in [-0.39, 0.29) is 0 Å². The van der Waals surface area contributed by atoms with Crippen molar-refractivity contribution in [1.29, 1.82) is 0 Å². The highest BCUT2D eigenvalue weighted by molar-refractivity contribution is 5.73. The molecule has 2 aromatic carbocycles. The summed E-state index contributed by atoms with van der Waals surface area (Å²) in [6.45, 7) is 11.2. The standard InChI is InChI=1S/C27H29N3O2/c1-18-4-5-22(16-28-24-7-6-21-8-11-32-25(21)15-24)20(3)26(18)23-14-19(2)27(29-17-23)30-9-12-31-13-10-30/h4-7,14-15,17,28H,9-13,16H2,1-3H3. The maximum atomic E-state index is 5.60. The van der Waals surface area contributed by atoms with Gasteiger partial charge in [0, 0.05) is 48.7 Å². The van der Waals surface area contributed by atoms with Gasteiger partial charge in [-0.15, -0.1) is 0 Å². The molecule has 2 radical (unpaired) electrons. The Morgan fingerprint density at radius 1 is 1.03 bits per heavy atom. The lowest BCUT2D eigenvalue weighted by Crippen LogP contribution is -2.37. The predicted molar refractivity (Wildman–Crippen MR) is 129 cm³/mol. The van der Waals surface area contributed by atoms with Crippen LogP contribution < -0.4 is 15.0 Å². The number of pyridine rings is 1. The highest BCUT2D eigenvalue weighted by Crippen LogP contribution is 2.33. The molecule has 164 valence electrons. The molecular formula is C27H29N3O2. The Kier molecular flexibility index (Phi) is 5.75. The van der Waals surface area contributed by atoms with Gasteiger partial charge in [0.1, 0.15) is 18.2 Å². The monoisotopic (exact) mass is 427 g/mol. The van der Waals surface area contributed by atoms with Crippen LogP contribution in [0.1, 0.15) is 27.8 Å². The van der Waals surface area contributed by atoms with Crippen molar-refractivity contribution in [3.05, 3.63) is 76.8 Å². The first-order chi connectivity index (χ1) is 15.6. The molecule has 1 saturated heterocycles. The van der Waals surface area contributed by atoms with Gasteiger partial charge in [0.05, 0.1) is 19.6 Å². The van der Waals surface area contributed by atoms with Gasteiger partial charge in [-0.05, 0) is 60.7 Å². The number of aryl methyl sites for hydroxylation is 2. The van der Waals surface area contributed by atoms with Crippen molar-refractivity contribution in [1.82, 2.24) is 4.98 Å². The fourth-order valence-corrected chi connectivity index (χ4v) is 4.62. The molecule has 1 N–H and O–H groups in total. The smallest absolute Gasteiger partial charge is 0.131 e. The highest BCUT2D eigenvalue weighted by atomic mass is 16.5. The third-order valence-corrected chi connectivity index (χ3v) is 6.39. The largest absolute Gasteiger partial charge is 0.492 e. The van der Waals surface area contributed by atoms with E-state index in [1.165, 1.54) is 33.4 Å². The Hall–Kier alpha value is -3.05. The Morgan fingerprint density at radius 3 is 2.69 bits per heavy atom. The molecule has 2 aliphatic rings. The number of fused-ring (bicyclic) bond motifs is 1. The van der Waals surface area contributed by atoms with E-state index in [4.69, 9.17) is 14.5 Å². The zero-order chi connectivity index (χ0) is 22.1. The molecular weight excluding hydrogens is 398 g/mol. The summed E-state index contributed by atoms with van der Waals surface area (Å²) in [6.07, 6.45) is 5.23. The topological polar surface area (TPSA) is 46.6 Å². The number of nitrogens with one attached hydrogen (secondary N) is 1. The Balaban J connectivity index is 1.39. The first-order valence-corrected chi connectivity index (χ1v) is 11.2. The second-order valence-corrected chi connectivity index (χ2v) is 8.54. The maximum absolute atomic E-state index is 5.60. The van der Waals surface area contributed by atoms with E-state index in [1.807, 2.05) is 6.20 Å². The number of rotatable bonds is 5. The molecule has 0 aliphatic carbocycles. The SMILES string of the molecule is Cc1cc(-c2c(C)ccc(CNc3ccc4c(c3)OC[C]4)c2C)cnc1N1CCOCC1. The number of nitrogens with zero attached hydrogens (tertiary/aromatic N) is 2. The van der Waals surface area contributed by atoms with Gasteiger partial charge < -0.3 is 19.7 Å². The first-order valence-electron chi connectivity index (χ1n) is 11.2. The molecule has 5 rings (SSSR count). The quantitative estimate of drug-likeness (QED) is 0.625. The van der Waals surface area contributed by atoms with Crippen LogP contribution in [0, 0.1) is 27.2 Å². The number of aromatic nitrogens is 1. The van der Waals surface area contributed by atoms with Crippen LogP contribution in [0.15, 0.2) is 42.6 Å². The Morgan fingerprint density at radius 2 is 1.88 bits per heavy atom. The van der Waals surface area contributed by atoms with E-state index in [1.54, 1.807) is 0 Å². The molecule has 1 aromatic heterocycles. The summed E-state index contributed by atoms with van der Waals surface area (Å²) in [4.78, 5) is 7.17. The van der Waals surface area contributed by atoms with E-state index in [0.717, 1.165) is 55.7 Å². The lowest BCUT2D eigenvalue weighted by atomic mass is 9.92. The molecule has 1 fully saturated rings. The minimum Gasteiger partial charge on any atom is -0.492 e. The van der Waals surface area contributed by atoms with Crippen molar-refractivity contribution in [3.8, 4) is 16.9 Å². The average Bonchev–Trinajstić information content (AvgIpc) is 3.27. The number of benzene rings is 2. The number of ether oxygens (including phenoxy) is 2. The van der Waals surface area contributed by atoms with E-state index in [2.05, 4.69) is 73.8 Å². The summed E-state index contributed by atoms with van der Waals surface area (Å²) in [7, 11) is 0. The van der Waals surface area contributed by atoms with E-state index in [9.17, 15) is 0 Å². The molecule has 5 nitrogen and oxygen atoms in total. The molecule has 3 aromatic rings. The molecule has 0 spiro atoms. The van der Waals surface area contributed by atoms with Gasteiger partial charge in [0.15, 0.2) is 0 Å². The van der Waals surface area contributed by atoms with Crippen molar-refractivity contribution in [2.45, 2.75) is 27.3 Å². The van der Waals surface area contributed by atoms with Crippen molar-refractivity contribution < 1.29 is 9.47 Å². The summed E-state index contributed by atoms with van der Waals surface area (Å²) in [6, 6.07) is 12.9. The molecule has 0 saturated carbocycles. The lowest BCUT2D eigenvalue weighted by molar-refractivity contribution is 0.122. The summed E-state index contributed by atoms with van der Waals surface area (Å²) in [5, 5.41) is 3.55. The zero-order valence-electron chi connectivity index (χ0n) is 19.0. The Labute approximate surface area is 190 Å². The highest BCUT2D eigenvalue weighted by Gasteiger charge is 2.17. The van der Waals surface area contributed by atoms with Crippen molar-refractivity contribution in [2.24, 2.45) is 0 Å². The normalized spacial score (nSPS) is 15.4. The molecule has 0 bridgehead atoms. The van der Waals surface area contributed by atoms with Gasteiger partial charge in [0.25, 0.3) is 0 Å². The molecule has 0 unspecified atom stereocenters. The molecule has 3 heterocycles. The van der Waals surface area contributed by atoms with Crippen molar-refractivity contribution in [3.63, 3.8) is 0 Å². The predicted octanol–water partition coefficient (Wildman–Crippen LogP) is 4.94. The second-order valence-electron chi connectivity index (χ2n) is 8.54. The number of hydrogen-bond acceptors (Lipinski definition) is 5. The van der Waals surface area contributed by atoms with Crippen LogP contribution in [0.5, 0.6) is 5.75 Å². The number of hydrogen-bond donors (Lipinski definition) is 1. The van der Waals surface area contributed by atoms with Crippen LogP contribution in [-0.2, 0) is 11.3 Å². The van der Waals surface area contributed by atoms with Gasteiger partial charge in [0.2, 0.25) is 0 Å². The van der Waals surface area contributed by atoms with Crippen molar-refractivity contribution in [2.75, 3.05) is 43.1 Å². The van der Waals surface area contributed by atoms with E-state index in [0.29, 0.717) is 6.61 Å². The van der Waals surface area contributed by atoms with Crippen LogP contribution in [0.4, 0.5) is 11.5 Å². The van der Waals surface area contributed by atoms with Crippen molar-refractivity contribution >= 4 is 11.5 Å². The molecule has 2 aliphatic heterocycles. The third-order valence-electron chi connectivity index (χ3n) is 6.39. The summed E-state index contributed by atoms with van der Waals surface area (Å²) < 4.78 is 11.1. The minimum atomic E-state index is 0.539. The van der Waals surface area contributed by atoms with E-state index >= 15 is 0 Å². The fourth-order valence-electron chi connectivity index (χ4n) is 4.62. The van der Waals surface area contributed by atoms with Gasteiger partial charge in [-0.3, -0.25) is 0 Å². The maximum Gasteiger partial charge on any atom is 0.131 e. The summed E-state index contributed by atoms with van der Waals surface area (Å²) in [5.74, 6) is 1.97. The molecule has 5 heteroatoms. The minimum absolute atomic E-state index is 0.539. The first kappa shape index (κ1) is 20.8. The van der Waals surface area contributed by atoms with Gasteiger partial charge in [-0.1, -0.05) is 18.2 Å². The van der Waals surface area contributed by atoms with Crippen LogP contribution in [0.3, 0.4) is 0 Å². The van der Waals surface area contributed by atoms with Gasteiger partial charge in [-0.25, -0.2) is 4.98 Å². The van der Waals surface area contributed by atoms with Crippen LogP contribution in [0.25, 0.3) is 11.1 Å². The number of morpholine rings is 1. The lowest BCUT2D eigenvalue weighted by Gasteiger charge is -2.29. The molecule has 32 heavy (non-hydrogen) atoms. The number of anilines is 2. The third kappa shape index (κ3) is 4.05. The van der Waals surface area contributed by atoms with Crippen LogP contribution in [0.2, 0.25) is 0 Å². The second kappa shape index (κ2) is 8.83. The Bertz CT molecular complexity index is 1140. The van der Waals surface area contributed by atoms with Crippen LogP contribution in [-0.4, -0.2) is 37.9 Å². The zero-order valence-corrected chi connectivity index (χ0v) is 19.0. The van der Waals surface area contributed by atoms with E-state index < -0.39 is 0 Å². The van der Waals surface area contributed by atoms with Gasteiger partial charge >= 0.3 is 0 Å². The van der Waals surface area contributed by atoms with Crippen LogP contribution >= 0.6 is 0 Å². The average molecular weight is 428 g/mol. The molecule has 0 amide bonds.